The van der Waals surface area contributed by atoms with Crippen LogP contribution in [0.1, 0.15) is 32.3 Å². The Hall–Kier alpha value is -1.35. The van der Waals surface area contributed by atoms with Gasteiger partial charge in [-0.1, -0.05) is 32.0 Å². The number of hydrogen-bond acceptors (Lipinski definition) is 2. The Morgan fingerprint density at radius 1 is 1.39 bits per heavy atom. The van der Waals surface area contributed by atoms with E-state index in [1.54, 1.807) is 0 Å². The van der Waals surface area contributed by atoms with E-state index >= 15 is 0 Å². The van der Waals surface area contributed by atoms with Crippen LogP contribution in [-0.4, -0.2) is 18.5 Å². The van der Waals surface area contributed by atoms with E-state index in [1.807, 2.05) is 18.2 Å². The summed E-state index contributed by atoms with van der Waals surface area (Å²) in [7, 11) is 0. The molecule has 2 aliphatic rings. The molecule has 96 valence electrons. The molecule has 3 heteroatoms. The Morgan fingerprint density at radius 2 is 2.17 bits per heavy atom. The number of anilines is 1. The van der Waals surface area contributed by atoms with Crippen LogP contribution < -0.4 is 10.6 Å². The number of fused-ring (bicyclic) bond motifs is 2. The van der Waals surface area contributed by atoms with Crippen LogP contribution in [0.3, 0.4) is 0 Å². The number of benzene rings is 1. The quantitative estimate of drug-likeness (QED) is 0.838. The molecule has 2 atom stereocenters. The summed E-state index contributed by atoms with van der Waals surface area (Å²) in [5.41, 5.74) is 1.85. The highest BCUT2D eigenvalue weighted by atomic mass is 16.2. The first-order valence-electron chi connectivity index (χ1n) is 6.79. The van der Waals surface area contributed by atoms with Crippen molar-refractivity contribution in [1.29, 1.82) is 0 Å². The fourth-order valence-electron chi connectivity index (χ4n) is 3.48. The summed E-state index contributed by atoms with van der Waals surface area (Å²) in [6, 6.07) is 8.39. The first-order chi connectivity index (χ1) is 8.64. The number of carbonyl (C=O) groups is 1. The minimum absolute atomic E-state index is 0.180. The van der Waals surface area contributed by atoms with Gasteiger partial charge in [0, 0.05) is 11.7 Å². The minimum Gasteiger partial charge on any atom is -0.325 e. The summed E-state index contributed by atoms with van der Waals surface area (Å²) in [5.74, 6) is 0.775. The maximum atomic E-state index is 12.5. The Kier molecular flexibility index (Phi) is 2.67. The van der Waals surface area contributed by atoms with Gasteiger partial charge in [0.25, 0.3) is 0 Å². The predicted molar refractivity (Wildman–Crippen MR) is 72.6 cm³/mol. The number of rotatable bonds is 2. The molecule has 0 unspecified atom stereocenters. The molecule has 2 aliphatic heterocycles. The van der Waals surface area contributed by atoms with Gasteiger partial charge >= 0.3 is 0 Å². The first kappa shape index (κ1) is 11.7. The Morgan fingerprint density at radius 3 is 2.94 bits per heavy atom. The maximum absolute atomic E-state index is 12.5. The topological polar surface area (TPSA) is 41.1 Å². The van der Waals surface area contributed by atoms with Crippen LogP contribution in [0.25, 0.3) is 0 Å². The van der Waals surface area contributed by atoms with Crippen molar-refractivity contribution < 1.29 is 4.79 Å². The standard InChI is InChI=1S/C15H20N2O/c1-10(2)9-13-15(7-8-16-13)11-5-3-4-6-12(11)17-14(15)18/h3-6,10,13,16H,7-9H2,1-2H3,(H,17,18)/t13-,15+/m0/s1. The molecule has 0 aliphatic carbocycles. The lowest BCUT2D eigenvalue weighted by Gasteiger charge is -2.30. The second kappa shape index (κ2) is 4.09. The van der Waals surface area contributed by atoms with Crippen molar-refractivity contribution in [3.8, 4) is 0 Å². The molecule has 0 bridgehead atoms. The lowest BCUT2D eigenvalue weighted by molar-refractivity contribution is -0.121. The van der Waals surface area contributed by atoms with Crippen LogP contribution in [0.15, 0.2) is 24.3 Å². The van der Waals surface area contributed by atoms with E-state index in [1.165, 1.54) is 5.56 Å². The van der Waals surface area contributed by atoms with E-state index in [2.05, 4.69) is 30.5 Å². The summed E-state index contributed by atoms with van der Waals surface area (Å²) >= 11 is 0. The SMILES string of the molecule is CC(C)C[C@@H]1NCC[C@]12C(=O)Nc1ccccc12. The average molecular weight is 244 g/mol. The van der Waals surface area contributed by atoms with Gasteiger partial charge in [0.1, 0.15) is 0 Å². The van der Waals surface area contributed by atoms with Crippen LogP contribution in [0.4, 0.5) is 5.69 Å². The Labute approximate surface area is 108 Å². The summed E-state index contributed by atoms with van der Waals surface area (Å²) in [6.45, 7) is 5.36. The van der Waals surface area contributed by atoms with Crippen molar-refractivity contribution in [2.45, 2.75) is 38.1 Å². The normalized spacial score (nSPS) is 29.9. The molecule has 1 fully saturated rings. The third-order valence-electron chi connectivity index (χ3n) is 4.27. The zero-order chi connectivity index (χ0) is 12.8. The van der Waals surface area contributed by atoms with Gasteiger partial charge in [0.2, 0.25) is 5.91 Å². The highest BCUT2D eigenvalue weighted by Crippen LogP contribution is 2.46. The van der Waals surface area contributed by atoms with Crippen molar-refractivity contribution >= 4 is 11.6 Å². The van der Waals surface area contributed by atoms with Crippen molar-refractivity contribution in [3.63, 3.8) is 0 Å². The molecule has 0 radical (unpaired) electrons. The van der Waals surface area contributed by atoms with E-state index in [0.717, 1.165) is 25.1 Å². The number of para-hydroxylation sites is 1. The van der Waals surface area contributed by atoms with Crippen LogP contribution in [-0.2, 0) is 10.2 Å². The monoisotopic (exact) mass is 244 g/mol. The molecule has 3 rings (SSSR count). The van der Waals surface area contributed by atoms with Gasteiger partial charge in [-0.3, -0.25) is 4.79 Å². The third-order valence-corrected chi connectivity index (χ3v) is 4.27. The van der Waals surface area contributed by atoms with E-state index in [4.69, 9.17) is 0 Å². The molecule has 3 nitrogen and oxygen atoms in total. The number of amides is 1. The number of hydrogen-bond donors (Lipinski definition) is 2. The van der Waals surface area contributed by atoms with Gasteiger partial charge in [-0.15, -0.1) is 0 Å². The van der Waals surface area contributed by atoms with Crippen LogP contribution in [0.5, 0.6) is 0 Å². The van der Waals surface area contributed by atoms with E-state index in [0.29, 0.717) is 5.92 Å². The zero-order valence-electron chi connectivity index (χ0n) is 11.0. The maximum Gasteiger partial charge on any atom is 0.236 e. The van der Waals surface area contributed by atoms with E-state index in [-0.39, 0.29) is 17.4 Å². The Balaban J connectivity index is 2.05. The molecule has 0 aromatic heterocycles. The summed E-state index contributed by atoms with van der Waals surface area (Å²) in [6.07, 6.45) is 1.95. The highest BCUT2D eigenvalue weighted by molar-refractivity contribution is 6.07. The van der Waals surface area contributed by atoms with Crippen LogP contribution in [0, 0.1) is 5.92 Å². The van der Waals surface area contributed by atoms with Gasteiger partial charge in [-0.05, 0) is 36.9 Å². The lowest BCUT2D eigenvalue weighted by atomic mass is 9.73. The van der Waals surface area contributed by atoms with Gasteiger partial charge in [0.05, 0.1) is 5.41 Å². The third kappa shape index (κ3) is 1.50. The van der Waals surface area contributed by atoms with Crippen LogP contribution in [0.2, 0.25) is 0 Å². The fraction of sp³-hybridized carbons (Fsp3) is 0.533. The molecule has 1 amide bonds. The minimum atomic E-state index is -0.332. The largest absolute Gasteiger partial charge is 0.325 e. The summed E-state index contributed by atoms with van der Waals surface area (Å²) < 4.78 is 0. The molecule has 1 spiro atoms. The number of carbonyl (C=O) groups excluding carboxylic acids is 1. The predicted octanol–water partition coefficient (Wildman–Crippen LogP) is 2.28. The molecular weight excluding hydrogens is 224 g/mol. The second-order valence-corrected chi connectivity index (χ2v) is 5.86. The molecule has 2 N–H and O–H groups in total. The average Bonchev–Trinajstić information content (AvgIpc) is 2.85. The summed E-state index contributed by atoms with van der Waals surface area (Å²) in [5, 5.41) is 6.59. The van der Waals surface area contributed by atoms with Crippen molar-refractivity contribution in [3.05, 3.63) is 29.8 Å². The van der Waals surface area contributed by atoms with Gasteiger partial charge < -0.3 is 10.6 Å². The van der Waals surface area contributed by atoms with Gasteiger partial charge in [-0.2, -0.15) is 0 Å². The molecule has 1 aromatic rings. The van der Waals surface area contributed by atoms with Gasteiger partial charge in [0.15, 0.2) is 0 Å². The molecule has 1 aromatic carbocycles. The Bertz CT molecular complexity index is 483. The summed E-state index contributed by atoms with van der Waals surface area (Å²) in [4.78, 5) is 12.5. The van der Waals surface area contributed by atoms with E-state index < -0.39 is 0 Å². The highest BCUT2D eigenvalue weighted by Gasteiger charge is 2.54. The molecule has 0 saturated carbocycles. The lowest BCUT2D eigenvalue weighted by Crippen LogP contribution is -2.46. The van der Waals surface area contributed by atoms with Gasteiger partial charge in [-0.25, -0.2) is 0 Å². The first-order valence-corrected chi connectivity index (χ1v) is 6.79. The molecule has 2 heterocycles. The van der Waals surface area contributed by atoms with E-state index in [9.17, 15) is 4.79 Å². The van der Waals surface area contributed by atoms with Crippen molar-refractivity contribution in [2.24, 2.45) is 5.92 Å². The molecule has 18 heavy (non-hydrogen) atoms. The number of nitrogens with one attached hydrogen (secondary N) is 2. The van der Waals surface area contributed by atoms with Crippen molar-refractivity contribution in [2.75, 3.05) is 11.9 Å². The zero-order valence-corrected chi connectivity index (χ0v) is 11.0. The fourth-order valence-corrected chi connectivity index (χ4v) is 3.48. The van der Waals surface area contributed by atoms with Crippen molar-refractivity contribution in [1.82, 2.24) is 5.32 Å². The molecular formula is C15H20N2O. The smallest absolute Gasteiger partial charge is 0.236 e. The second-order valence-electron chi connectivity index (χ2n) is 5.86. The molecule has 1 saturated heterocycles. The van der Waals surface area contributed by atoms with Crippen LogP contribution >= 0.6 is 0 Å².